The van der Waals surface area contributed by atoms with Crippen LogP contribution < -0.4 is 5.73 Å². The van der Waals surface area contributed by atoms with Gasteiger partial charge in [0.1, 0.15) is 0 Å². The lowest BCUT2D eigenvalue weighted by Crippen LogP contribution is -2.10. The molecular formula is C8H13N3O. The Kier molecular flexibility index (Phi) is 1.99. The van der Waals surface area contributed by atoms with Crippen LogP contribution in [0.2, 0.25) is 0 Å². The maximum atomic E-state index is 5.54. The molecule has 1 aromatic heterocycles. The Hall–Kier alpha value is -1.03. The van der Waals surface area contributed by atoms with Crippen LogP contribution in [0.15, 0.2) is 12.4 Å². The van der Waals surface area contributed by atoms with Gasteiger partial charge in [0.15, 0.2) is 0 Å². The molecule has 0 radical (unpaired) electrons. The van der Waals surface area contributed by atoms with Crippen LogP contribution in [0.25, 0.3) is 0 Å². The number of hydrogen-bond acceptors (Lipinski definition) is 3. The van der Waals surface area contributed by atoms with Crippen molar-refractivity contribution in [3.05, 3.63) is 12.4 Å². The Bertz CT molecular complexity index is 253. The van der Waals surface area contributed by atoms with Crippen molar-refractivity contribution < 1.29 is 4.74 Å². The highest BCUT2D eigenvalue weighted by molar-refractivity contribution is 5.30. The second-order valence-corrected chi connectivity index (χ2v) is 3.23. The SMILES string of the molecule is Nc1cnn(C[C@H]2CCOC2)c1. The van der Waals surface area contributed by atoms with E-state index in [9.17, 15) is 0 Å². The van der Waals surface area contributed by atoms with E-state index in [0.717, 1.165) is 31.9 Å². The maximum absolute atomic E-state index is 5.54. The summed E-state index contributed by atoms with van der Waals surface area (Å²) in [4.78, 5) is 0. The summed E-state index contributed by atoms with van der Waals surface area (Å²) in [6, 6.07) is 0. The topological polar surface area (TPSA) is 53.1 Å². The van der Waals surface area contributed by atoms with E-state index in [-0.39, 0.29) is 0 Å². The Morgan fingerprint density at radius 1 is 1.75 bits per heavy atom. The minimum absolute atomic E-state index is 0.615. The lowest BCUT2D eigenvalue weighted by molar-refractivity contribution is 0.181. The summed E-state index contributed by atoms with van der Waals surface area (Å²) in [5.41, 5.74) is 6.27. The molecule has 2 N–H and O–H groups in total. The number of ether oxygens (including phenoxy) is 1. The third-order valence-electron chi connectivity index (χ3n) is 2.12. The molecule has 1 aromatic rings. The number of nitrogens with two attached hydrogens (primary N) is 1. The monoisotopic (exact) mass is 167 g/mol. The quantitative estimate of drug-likeness (QED) is 0.698. The van der Waals surface area contributed by atoms with Crippen LogP contribution in [-0.2, 0) is 11.3 Å². The zero-order valence-corrected chi connectivity index (χ0v) is 6.94. The summed E-state index contributed by atoms with van der Waals surface area (Å²) in [5, 5.41) is 4.12. The van der Waals surface area contributed by atoms with Crippen LogP contribution in [0, 0.1) is 5.92 Å². The van der Waals surface area contributed by atoms with Gasteiger partial charge in [-0.2, -0.15) is 5.10 Å². The zero-order chi connectivity index (χ0) is 8.39. The first-order valence-corrected chi connectivity index (χ1v) is 4.20. The van der Waals surface area contributed by atoms with Gasteiger partial charge in [-0.1, -0.05) is 0 Å². The fourth-order valence-corrected chi connectivity index (χ4v) is 1.47. The molecule has 1 saturated heterocycles. The van der Waals surface area contributed by atoms with Crippen LogP contribution >= 0.6 is 0 Å². The van der Waals surface area contributed by atoms with E-state index in [4.69, 9.17) is 10.5 Å². The molecule has 0 unspecified atom stereocenters. The molecule has 0 aliphatic carbocycles. The van der Waals surface area contributed by atoms with E-state index in [1.807, 2.05) is 10.9 Å². The van der Waals surface area contributed by atoms with Gasteiger partial charge in [0, 0.05) is 25.3 Å². The maximum Gasteiger partial charge on any atom is 0.0719 e. The first-order valence-electron chi connectivity index (χ1n) is 4.20. The molecule has 12 heavy (non-hydrogen) atoms. The summed E-state index contributed by atoms with van der Waals surface area (Å²) < 4.78 is 7.15. The molecule has 4 heteroatoms. The molecule has 0 spiro atoms. The minimum Gasteiger partial charge on any atom is -0.396 e. The van der Waals surface area contributed by atoms with Gasteiger partial charge in [-0.15, -0.1) is 0 Å². The van der Waals surface area contributed by atoms with E-state index in [0.29, 0.717) is 5.92 Å². The highest BCUT2D eigenvalue weighted by Gasteiger charge is 2.15. The second kappa shape index (κ2) is 3.15. The Morgan fingerprint density at radius 3 is 3.25 bits per heavy atom. The zero-order valence-electron chi connectivity index (χ0n) is 6.94. The molecule has 1 atom stereocenters. The van der Waals surface area contributed by atoms with Gasteiger partial charge in [0.25, 0.3) is 0 Å². The number of hydrogen-bond donors (Lipinski definition) is 1. The molecule has 1 fully saturated rings. The van der Waals surface area contributed by atoms with E-state index in [1.165, 1.54) is 0 Å². The van der Waals surface area contributed by atoms with Crippen molar-refractivity contribution in [1.82, 2.24) is 9.78 Å². The third kappa shape index (κ3) is 1.58. The van der Waals surface area contributed by atoms with Crippen LogP contribution in [0.5, 0.6) is 0 Å². The second-order valence-electron chi connectivity index (χ2n) is 3.23. The van der Waals surface area contributed by atoms with Gasteiger partial charge < -0.3 is 10.5 Å². The Labute approximate surface area is 71.3 Å². The van der Waals surface area contributed by atoms with E-state index < -0.39 is 0 Å². The molecule has 0 amide bonds. The molecule has 4 nitrogen and oxygen atoms in total. The van der Waals surface area contributed by atoms with Crippen molar-refractivity contribution in [3.63, 3.8) is 0 Å². The highest BCUT2D eigenvalue weighted by atomic mass is 16.5. The molecule has 1 aliphatic heterocycles. The molecular weight excluding hydrogens is 154 g/mol. The van der Waals surface area contributed by atoms with Crippen molar-refractivity contribution in [2.75, 3.05) is 18.9 Å². The van der Waals surface area contributed by atoms with Gasteiger partial charge in [-0.05, 0) is 6.42 Å². The largest absolute Gasteiger partial charge is 0.396 e. The van der Waals surface area contributed by atoms with E-state index >= 15 is 0 Å². The predicted molar refractivity (Wildman–Crippen MR) is 45.6 cm³/mol. The van der Waals surface area contributed by atoms with Crippen LogP contribution in [0.4, 0.5) is 5.69 Å². The van der Waals surface area contributed by atoms with Crippen molar-refractivity contribution in [3.8, 4) is 0 Å². The average molecular weight is 167 g/mol. The molecule has 2 heterocycles. The van der Waals surface area contributed by atoms with Crippen molar-refractivity contribution in [2.24, 2.45) is 5.92 Å². The van der Waals surface area contributed by atoms with Crippen LogP contribution in [0.1, 0.15) is 6.42 Å². The third-order valence-corrected chi connectivity index (χ3v) is 2.12. The number of rotatable bonds is 2. The van der Waals surface area contributed by atoms with Gasteiger partial charge in [-0.3, -0.25) is 4.68 Å². The summed E-state index contributed by atoms with van der Waals surface area (Å²) in [6.45, 7) is 2.68. The van der Waals surface area contributed by atoms with Crippen LogP contribution in [0.3, 0.4) is 0 Å². The Balaban J connectivity index is 1.94. The molecule has 2 rings (SSSR count). The molecule has 0 saturated carbocycles. The summed E-state index contributed by atoms with van der Waals surface area (Å²) in [7, 11) is 0. The molecule has 1 aliphatic rings. The standard InChI is InChI=1S/C8H13N3O/c9-8-3-10-11(5-8)4-7-1-2-12-6-7/h3,5,7H,1-2,4,6,9H2/t7-/m1/s1. The summed E-state index contributed by atoms with van der Waals surface area (Å²) in [6.07, 6.45) is 4.67. The Morgan fingerprint density at radius 2 is 2.67 bits per heavy atom. The lowest BCUT2D eigenvalue weighted by Gasteiger charge is -2.06. The molecule has 0 bridgehead atoms. The smallest absolute Gasteiger partial charge is 0.0719 e. The fraction of sp³-hybridized carbons (Fsp3) is 0.625. The first-order chi connectivity index (χ1) is 5.84. The van der Waals surface area contributed by atoms with Crippen molar-refractivity contribution >= 4 is 5.69 Å². The van der Waals surface area contributed by atoms with Gasteiger partial charge in [0.05, 0.1) is 18.5 Å². The number of aromatic nitrogens is 2. The first kappa shape index (κ1) is 7.61. The number of nitrogens with zero attached hydrogens (tertiary/aromatic N) is 2. The van der Waals surface area contributed by atoms with Crippen molar-refractivity contribution in [2.45, 2.75) is 13.0 Å². The molecule has 0 aromatic carbocycles. The summed E-state index contributed by atoms with van der Waals surface area (Å²) >= 11 is 0. The fourth-order valence-electron chi connectivity index (χ4n) is 1.47. The average Bonchev–Trinajstić information content (AvgIpc) is 2.63. The lowest BCUT2D eigenvalue weighted by atomic mass is 10.1. The number of nitrogen functional groups attached to an aromatic ring is 1. The highest BCUT2D eigenvalue weighted by Crippen LogP contribution is 2.14. The number of anilines is 1. The van der Waals surface area contributed by atoms with Gasteiger partial charge >= 0.3 is 0 Å². The van der Waals surface area contributed by atoms with Gasteiger partial charge in [-0.25, -0.2) is 0 Å². The van der Waals surface area contributed by atoms with Gasteiger partial charge in [0.2, 0.25) is 0 Å². The van der Waals surface area contributed by atoms with E-state index in [1.54, 1.807) is 6.20 Å². The summed E-state index contributed by atoms with van der Waals surface area (Å²) in [5.74, 6) is 0.615. The normalized spacial score (nSPS) is 23.2. The van der Waals surface area contributed by atoms with Crippen LogP contribution in [-0.4, -0.2) is 23.0 Å². The van der Waals surface area contributed by atoms with E-state index in [2.05, 4.69) is 5.10 Å². The minimum atomic E-state index is 0.615. The molecule has 66 valence electrons. The van der Waals surface area contributed by atoms with Crippen molar-refractivity contribution in [1.29, 1.82) is 0 Å². The predicted octanol–water partition coefficient (Wildman–Crippen LogP) is 0.502.